The van der Waals surface area contributed by atoms with E-state index in [-0.39, 0.29) is 21.4 Å². The van der Waals surface area contributed by atoms with Crippen molar-refractivity contribution in [1.29, 1.82) is 0 Å². The Morgan fingerprint density at radius 3 is 1.50 bits per heavy atom. The highest BCUT2D eigenvalue weighted by Gasteiger charge is 2.28. The summed E-state index contributed by atoms with van der Waals surface area (Å²) in [5.74, 6) is 0. The molecule has 5 aromatic rings. The Balaban J connectivity index is 1.73. The molecule has 4 heteroatoms. The van der Waals surface area contributed by atoms with Gasteiger partial charge in [0.15, 0.2) is 0 Å². The van der Waals surface area contributed by atoms with Crippen molar-refractivity contribution in [2.75, 3.05) is 4.90 Å². The normalized spacial score (nSPS) is 11.8. The van der Waals surface area contributed by atoms with Gasteiger partial charge in [-0.3, -0.25) is 10.1 Å². The van der Waals surface area contributed by atoms with Gasteiger partial charge in [-0.25, -0.2) is 0 Å². The summed E-state index contributed by atoms with van der Waals surface area (Å²) in [7, 11) is 0. The van der Waals surface area contributed by atoms with Crippen LogP contribution < -0.4 is 4.90 Å². The van der Waals surface area contributed by atoms with E-state index in [4.69, 9.17) is 0 Å². The van der Waals surface area contributed by atoms with Crippen LogP contribution >= 0.6 is 0 Å². The Hall–Kier alpha value is -4.70. The van der Waals surface area contributed by atoms with Gasteiger partial charge in [0, 0.05) is 23.0 Å². The first-order valence-corrected chi connectivity index (χ1v) is 18.5. The third kappa shape index (κ3) is 8.35. The number of nitrogens with zero attached hydrogens (tertiary/aromatic N) is 2. The molecule has 0 radical (unpaired) electrons. The highest BCUT2D eigenvalue weighted by Crippen LogP contribution is 2.49. The molecule has 0 atom stereocenters. The summed E-state index contributed by atoms with van der Waals surface area (Å²) in [5.41, 5.74) is 8.91. The second-order valence-electron chi connectivity index (χ2n) is 15.0. The third-order valence-electron chi connectivity index (χ3n) is 10.3. The molecule has 50 heavy (non-hydrogen) atoms. The molecule has 0 aromatic heterocycles. The van der Waals surface area contributed by atoms with E-state index in [1.807, 2.05) is 54.6 Å². The lowest BCUT2D eigenvalue weighted by atomic mass is 9.79. The number of benzene rings is 5. The molecule has 0 aliphatic carbocycles. The fourth-order valence-electron chi connectivity index (χ4n) is 7.19. The van der Waals surface area contributed by atoms with Crippen LogP contribution in [0.4, 0.5) is 22.7 Å². The second-order valence-corrected chi connectivity index (χ2v) is 15.0. The fraction of sp³-hybridized carbons (Fsp3) is 0.348. The van der Waals surface area contributed by atoms with Crippen LogP contribution in [0.3, 0.4) is 0 Å². The molecular weight excluding hydrogens is 613 g/mol. The maximum Gasteiger partial charge on any atom is 0.277 e. The molecule has 0 unspecified atom stereocenters. The van der Waals surface area contributed by atoms with Gasteiger partial charge in [-0.15, -0.1) is 0 Å². The van der Waals surface area contributed by atoms with E-state index in [1.165, 1.54) is 49.7 Å². The standard InChI is InChI=1S/C46H54N2O2/c1-7-9-17-33-45(3,4)37-25-23-36(24-26-37)43-41(31-32-42(48(49)50)44(43)35-19-13-11-14-20-35)47(39-21-15-12-16-22-39)40-29-27-38(28-30-40)46(5,6)34-18-10-8-2/h11-16,19-32H,7-10,17-18,33-34H2,1-6H3. The minimum atomic E-state index is -0.247. The summed E-state index contributed by atoms with van der Waals surface area (Å²) in [5, 5.41) is 12.7. The number of nitro groups is 1. The molecular formula is C46H54N2O2. The van der Waals surface area contributed by atoms with Gasteiger partial charge in [-0.2, -0.15) is 0 Å². The number of hydrogen-bond donors (Lipinski definition) is 0. The molecule has 4 nitrogen and oxygen atoms in total. The Labute approximate surface area is 300 Å². The Kier molecular flexibility index (Phi) is 12.0. The lowest BCUT2D eigenvalue weighted by Crippen LogP contribution is -2.18. The second kappa shape index (κ2) is 16.3. The van der Waals surface area contributed by atoms with E-state index in [1.54, 1.807) is 6.07 Å². The van der Waals surface area contributed by atoms with E-state index in [0.717, 1.165) is 46.6 Å². The van der Waals surface area contributed by atoms with Gasteiger partial charge in [-0.1, -0.05) is 165 Å². The molecule has 5 rings (SSSR count). The van der Waals surface area contributed by atoms with Gasteiger partial charge in [0.25, 0.3) is 5.69 Å². The molecule has 0 amide bonds. The summed E-state index contributed by atoms with van der Waals surface area (Å²) in [6.45, 7) is 13.8. The Bertz CT molecular complexity index is 1830. The number of para-hydroxylation sites is 1. The molecule has 5 aromatic carbocycles. The van der Waals surface area contributed by atoms with Crippen LogP contribution in [0, 0.1) is 10.1 Å². The summed E-state index contributed by atoms with van der Waals surface area (Å²) in [4.78, 5) is 14.7. The van der Waals surface area contributed by atoms with E-state index in [9.17, 15) is 10.1 Å². The number of unbranched alkanes of at least 4 members (excludes halogenated alkanes) is 4. The summed E-state index contributed by atoms with van der Waals surface area (Å²) >= 11 is 0. The van der Waals surface area contributed by atoms with Gasteiger partial charge < -0.3 is 4.90 Å². The molecule has 0 fully saturated rings. The summed E-state index contributed by atoms with van der Waals surface area (Å²) in [6, 6.07) is 41.5. The monoisotopic (exact) mass is 666 g/mol. The first-order valence-electron chi connectivity index (χ1n) is 18.5. The zero-order chi connectivity index (χ0) is 35.7. The first kappa shape index (κ1) is 36.6. The van der Waals surface area contributed by atoms with E-state index < -0.39 is 0 Å². The van der Waals surface area contributed by atoms with Gasteiger partial charge in [0.1, 0.15) is 0 Å². The third-order valence-corrected chi connectivity index (χ3v) is 10.3. The summed E-state index contributed by atoms with van der Waals surface area (Å²) < 4.78 is 0. The highest BCUT2D eigenvalue weighted by atomic mass is 16.6. The zero-order valence-electron chi connectivity index (χ0n) is 30.9. The predicted molar refractivity (Wildman–Crippen MR) is 213 cm³/mol. The van der Waals surface area contributed by atoms with E-state index in [2.05, 4.69) is 107 Å². The zero-order valence-corrected chi connectivity index (χ0v) is 30.9. The number of nitro benzene ring substituents is 1. The number of rotatable bonds is 16. The number of hydrogen-bond acceptors (Lipinski definition) is 3. The van der Waals surface area contributed by atoms with Crippen molar-refractivity contribution < 1.29 is 4.92 Å². The summed E-state index contributed by atoms with van der Waals surface area (Å²) in [6.07, 6.45) is 9.54. The van der Waals surface area contributed by atoms with Crippen LogP contribution in [-0.2, 0) is 10.8 Å². The van der Waals surface area contributed by atoms with Crippen molar-refractivity contribution in [2.24, 2.45) is 0 Å². The highest BCUT2D eigenvalue weighted by molar-refractivity contribution is 6.00. The maximum absolute atomic E-state index is 12.7. The predicted octanol–water partition coefficient (Wildman–Crippen LogP) is 14.1. The van der Waals surface area contributed by atoms with Crippen molar-refractivity contribution in [1.82, 2.24) is 0 Å². The minimum Gasteiger partial charge on any atom is -0.310 e. The van der Waals surface area contributed by atoms with Crippen LogP contribution in [0.15, 0.2) is 121 Å². The molecule has 0 N–H and O–H groups in total. The molecule has 0 saturated heterocycles. The fourth-order valence-corrected chi connectivity index (χ4v) is 7.19. The van der Waals surface area contributed by atoms with Crippen LogP contribution in [0.2, 0.25) is 0 Å². The van der Waals surface area contributed by atoms with Crippen molar-refractivity contribution in [3.05, 3.63) is 143 Å². The first-order chi connectivity index (χ1) is 24.1. The smallest absolute Gasteiger partial charge is 0.277 e. The molecule has 0 aliphatic rings. The van der Waals surface area contributed by atoms with Crippen molar-refractivity contribution in [2.45, 2.75) is 104 Å². The largest absolute Gasteiger partial charge is 0.310 e. The number of anilines is 3. The van der Waals surface area contributed by atoms with Gasteiger partial charge in [0.05, 0.1) is 16.2 Å². The Morgan fingerprint density at radius 2 is 1.00 bits per heavy atom. The lowest BCUT2D eigenvalue weighted by Gasteiger charge is -2.31. The SMILES string of the molecule is CCCCCC(C)(C)c1ccc(-c2c(N(c3ccccc3)c3ccc(C(C)(C)CCCCC)cc3)ccc([N+](=O)[O-])c2-c2ccccc2)cc1. The molecule has 260 valence electrons. The van der Waals surface area contributed by atoms with Crippen molar-refractivity contribution >= 4 is 22.7 Å². The average Bonchev–Trinajstić information content (AvgIpc) is 3.12. The average molecular weight is 667 g/mol. The van der Waals surface area contributed by atoms with Gasteiger partial charge >= 0.3 is 0 Å². The lowest BCUT2D eigenvalue weighted by molar-refractivity contribution is -0.384. The van der Waals surface area contributed by atoms with Crippen LogP contribution in [-0.4, -0.2) is 4.92 Å². The topological polar surface area (TPSA) is 46.4 Å². The molecule has 0 spiro atoms. The van der Waals surface area contributed by atoms with Crippen molar-refractivity contribution in [3.8, 4) is 22.3 Å². The molecule has 0 aliphatic heterocycles. The van der Waals surface area contributed by atoms with Crippen LogP contribution in [0.25, 0.3) is 22.3 Å². The minimum absolute atomic E-state index is 0.0314. The molecule has 0 heterocycles. The van der Waals surface area contributed by atoms with Crippen molar-refractivity contribution in [3.63, 3.8) is 0 Å². The van der Waals surface area contributed by atoms with Crippen LogP contribution in [0.5, 0.6) is 0 Å². The van der Waals surface area contributed by atoms with Crippen LogP contribution in [0.1, 0.15) is 104 Å². The quantitative estimate of drug-likeness (QED) is 0.0598. The van der Waals surface area contributed by atoms with E-state index >= 15 is 0 Å². The van der Waals surface area contributed by atoms with Gasteiger partial charge in [-0.05, 0) is 76.3 Å². The molecule has 0 bridgehead atoms. The van der Waals surface area contributed by atoms with E-state index in [0.29, 0.717) is 5.56 Å². The maximum atomic E-state index is 12.7. The molecule has 0 saturated carbocycles. The Morgan fingerprint density at radius 1 is 0.540 bits per heavy atom. The van der Waals surface area contributed by atoms with Gasteiger partial charge in [0.2, 0.25) is 0 Å².